The van der Waals surface area contributed by atoms with Crippen LogP contribution in [0.15, 0.2) is 42.7 Å². The number of piperazine rings is 1. The predicted molar refractivity (Wildman–Crippen MR) is 201 cm³/mol. The number of aliphatic hydroxyl groups excluding tert-OH is 1. The minimum Gasteiger partial charge on any atom is -0.392 e. The molecular formula is C38H47ClF2N8O5. The Morgan fingerprint density at radius 2 is 1.69 bits per heavy atom. The van der Waals surface area contributed by atoms with Gasteiger partial charge in [-0.15, -0.1) is 0 Å². The Kier molecular flexibility index (Phi) is 13.2. The number of carbonyl (C=O) groups is 3. The van der Waals surface area contributed by atoms with Gasteiger partial charge in [-0.25, -0.2) is 13.8 Å². The fourth-order valence-corrected chi connectivity index (χ4v) is 6.70. The van der Waals surface area contributed by atoms with Gasteiger partial charge in [0.25, 0.3) is 11.8 Å². The number of hydrogen-bond acceptors (Lipinski definition) is 8. The van der Waals surface area contributed by atoms with E-state index in [0.29, 0.717) is 69.2 Å². The number of hydrogen-bond donors (Lipinski definition) is 2. The summed E-state index contributed by atoms with van der Waals surface area (Å²) in [5, 5.41) is 17.5. The summed E-state index contributed by atoms with van der Waals surface area (Å²) in [5.41, 5.74) is 1.84. The highest BCUT2D eigenvalue weighted by atomic mass is 35.5. The van der Waals surface area contributed by atoms with Gasteiger partial charge in [0.1, 0.15) is 0 Å². The predicted octanol–water partition coefficient (Wildman–Crippen LogP) is 4.89. The summed E-state index contributed by atoms with van der Waals surface area (Å²) >= 11 is 6.51. The van der Waals surface area contributed by atoms with E-state index in [1.165, 1.54) is 48.1 Å². The average molecular weight is 769 g/mol. The fraction of sp³-hybridized carbons (Fsp3) is 0.447. The third kappa shape index (κ3) is 9.14. The van der Waals surface area contributed by atoms with Gasteiger partial charge in [0.2, 0.25) is 5.91 Å². The van der Waals surface area contributed by atoms with Crippen LogP contribution in [0.5, 0.6) is 0 Å². The van der Waals surface area contributed by atoms with E-state index in [1.54, 1.807) is 27.8 Å². The largest absolute Gasteiger partial charge is 0.392 e. The smallest absolute Gasteiger partial charge is 0.291 e. The lowest BCUT2D eigenvalue weighted by Gasteiger charge is -2.35. The lowest BCUT2D eigenvalue weighted by Crippen LogP contribution is -2.50. The minimum atomic E-state index is -1.09. The molecule has 1 atom stereocenters. The molecule has 3 heterocycles. The maximum absolute atomic E-state index is 15.7. The fourth-order valence-electron chi connectivity index (χ4n) is 6.44. The molecule has 0 spiro atoms. The molecule has 16 heteroatoms. The molecule has 2 aromatic carbocycles. The van der Waals surface area contributed by atoms with Gasteiger partial charge < -0.3 is 34.4 Å². The first-order valence-electron chi connectivity index (χ1n) is 17.8. The number of nitrogens with zero attached hydrogens (tertiary/aromatic N) is 7. The number of amides is 3. The Hall–Kier alpha value is -4.70. The van der Waals surface area contributed by atoms with E-state index >= 15 is 8.78 Å². The van der Waals surface area contributed by atoms with E-state index in [4.69, 9.17) is 16.3 Å². The van der Waals surface area contributed by atoms with E-state index in [1.807, 2.05) is 32.8 Å². The van der Waals surface area contributed by atoms with E-state index in [0.717, 1.165) is 0 Å². The van der Waals surface area contributed by atoms with Crippen LogP contribution in [0.25, 0.3) is 22.4 Å². The van der Waals surface area contributed by atoms with Crippen LogP contribution in [0.4, 0.5) is 14.5 Å². The molecule has 0 radical (unpaired) electrons. The standard InChI is InChI=1S/C38H47ClF2N8O5/c1-23(2)35-29(22-49(44-35)17-18-54-6)26-10-11-28(34(41)33(26)40)31-20-42-36(46(31)5)37(52)43-24-7-9-27(30(39)19-24)38(53)48-15-13-47(14-16-48)32(51)12-8-25(50)21-45(3)4/h7,9-11,19-20,22-23,25,50H,8,12-18,21H2,1-6H3,(H,43,52)/t25-/m1/s1. The first kappa shape index (κ1) is 40.5. The molecule has 1 aliphatic rings. The molecule has 13 nitrogen and oxygen atoms in total. The Balaban J connectivity index is 1.23. The van der Waals surface area contributed by atoms with Gasteiger partial charge in [-0.05, 0) is 50.7 Å². The number of imidazole rings is 1. The normalized spacial score (nSPS) is 13.9. The molecule has 2 aromatic heterocycles. The van der Waals surface area contributed by atoms with Gasteiger partial charge in [0.15, 0.2) is 17.5 Å². The number of likely N-dealkylation sites (N-methyl/N-ethyl adjacent to an activating group) is 1. The summed E-state index contributed by atoms with van der Waals surface area (Å²) in [4.78, 5) is 48.6. The van der Waals surface area contributed by atoms with E-state index < -0.39 is 23.6 Å². The van der Waals surface area contributed by atoms with Crippen LogP contribution in [0.3, 0.4) is 0 Å². The van der Waals surface area contributed by atoms with Crippen LogP contribution in [0, 0.1) is 11.6 Å². The second-order valence-corrected chi connectivity index (χ2v) is 14.3. The second-order valence-electron chi connectivity index (χ2n) is 13.9. The monoisotopic (exact) mass is 768 g/mol. The average Bonchev–Trinajstić information content (AvgIpc) is 3.74. The van der Waals surface area contributed by atoms with Crippen LogP contribution < -0.4 is 5.32 Å². The molecule has 1 saturated heterocycles. The van der Waals surface area contributed by atoms with Crippen LogP contribution >= 0.6 is 11.6 Å². The van der Waals surface area contributed by atoms with Gasteiger partial charge in [0, 0.05) is 81.9 Å². The van der Waals surface area contributed by atoms with Crippen LogP contribution in [-0.2, 0) is 23.1 Å². The van der Waals surface area contributed by atoms with Crippen molar-refractivity contribution >= 4 is 35.0 Å². The molecule has 290 valence electrons. The molecule has 54 heavy (non-hydrogen) atoms. The van der Waals surface area contributed by atoms with Crippen molar-refractivity contribution in [2.45, 2.75) is 45.3 Å². The molecule has 3 amide bonds. The molecule has 5 rings (SSSR count). The highest BCUT2D eigenvalue weighted by Gasteiger charge is 2.28. The Morgan fingerprint density at radius 3 is 2.33 bits per heavy atom. The summed E-state index contributed by atoms with van der Waals surface area (Å²) in [7, 11) is 6.82. The topological polar surface area (TPSA) is 138 Å². The number of aromatic nitrogens is 4. The van der Waals surface area contributed by atoms with Crippen molar-refractivity contribution in [3.63, 3.8) is 0 Å². The molecule has 1 aliphatic heterocycles. The SMILES string of the molecule is COCCn1cc(-c2ccc(-c3cnc(C(=O)Nc4ccc(C(=O)N5CCN(C(=O)CC[C@@H](O)CN(C)C)CC5)c(Cl)c4)n3C)c(F)c2F)c(C(C)C)n1. The number of benzene rings is 2. The zero-order valence-corrected chi connectivity index (χ0v) is 32.2. The van der Waals surface area contributed by atoms with Gasteiger partial charge >= 0.3 is 0 Å². The molecule has 0 bridgehead atoms. The van der Waals surface area contributed by atoms with Crippen molar-refractivity contribution in [1.29, 1.82) is 0 Å². The number of aliphatic hydroxyl groups is 1. The maximum atomic E-state index is 15.7. The summed E-state index contributed by atoms with van der Waals surface area (Å²) in [6.07, 6.45) is 2.99. The second kappa shape index (κ2) is 17.6. The number of methoxy groups -OCH3 is 1. The van der Waals surface area contributed by atoms with Gasteiger partial charge in [-0.3, -0.25) is 19.1 Å². The van der Waals surface area contributed by atoms with Gasteiger partial charge in [-0.2, -0.15) is 5.10 Å². The summed E-state index contributed by atoms with van der Waals surface area (Å²) in [6.45, 7) is 6.60. The lowest BCUT2D eigenvalue weighted by atomic mass is 9.97. The van der Waals surface area contributed by atoms with Crippen LogP contribution in [-0.4, -0.2) is 123 Å². The van der Waals surface area contributed by atoms with Gasteiger partial charge in [-0.1, -0.05) is 31.5 Å². The van der Waals surface area contributed by atoms with Crippen LogP contribution in [0.2, 0.25) is 5.02 Å². The zero-order chi connectivity index (χ0) is 39.3. The first-order valence-corrected chi connectivity index (χ1v) is 18.1. The molecule has 0 saturated carbocycles. The number of carbonyl (C=O) groups excluding carboxylic acids is 3. The third-order valence-corrected chi connectivity index (χ3v) is 9.66. The number of nitrogens with one attached hydrogen (secondary N) is 1. The van der Waals surface area contributed by atoms with Crippen molar-refractivity contribution in [2.75, 3.05) is 65.9 Å². The van der Waals surface area contributed by atoms with Crippen molar-refractivity contribution in [2.24, 2.45) is 7.05 Å². The molecule has 0 unspecified atom stereocenters. The van der Waals surface area contributed by atoms with E-state index in [2.05, 4.69) is 15.4 Å². The third-order valence-electron chi connectivity index (χ3n) is 9.35. The van der Waals surface area contributed by atoms with E-state index in [9.17, 15) is 19.5 Å². The Morgan fingerprint density at radius 1 is 1.02 bits per heavy atom. The maximum Gasteiger partial charge on any atom is 0.291 e. The first-order chi connectivity index (χ1) is 25.7. The van der Waals surface area contributed by atoms with Crippen molar-refractivity contribution in [3.8, 4) is 22.4 Å². The summed E-state index contributed by atoms with van der Waals surface area (Å²) in [5.74, 6) is -3.23. The summed E-state index contributed by atoms with van der Waals surface area (Å²) < 4.78 is 39.5. The van der Waals surface area contributed by atoms with Crippen molar-refractivity contribution in [1.82, 2.24) is 34.0 Å². The molecule has 2 N–H and O–H groups in total. The molecule has 1 fully saturated rings. The van der Waals surface area contributed by atoms with Crippen LogP contribution in [0.1, 0.15) is 59.3 Å². The summed E-state index contributed by atoms with van der Waals surface area (Å²) in [6, 6.07) is 7.45. The van der Waals surface area contributed by atoms with E-state index in [-0.39, 0.29) is 57.4 Å². The van der Waals surface area contributed by atoms with Crippen molar-refractivity contribution in [3.05, 3.63) is 76.5 Å². The minimum absolute atomic E-state index is 0.0411. The van der Waals surface area contributed by atoms with Gasteiger partial charge in [0.05, 0.1) is 47.4 Å². The highest BCUT2D eigenvalue weighted by Crippen LogP contribution is 2.35. The van der Waals surface area contributed by atoms with Crippen molar-refractivity contribution < 1.29 is 33.0 Å². The zero-order valence-electron chi connectivity index (χ0n) is 31.4. The Labute approximate surface area is 318 Å². The highest BCUT2D eigenvalue weighted by molar-refractivity contribution is 6.34. The molecule has 4 aromatic rings. The lowest BCUT2D eigenvalue weighted by molar-refractivity contribution is -0.133. The molecular weight excluding hydrogens is 722 g/mol. The quantitative estimate of drug-likeness (QED) is 0.185. The molecule has 0 aliphatic carbocycles. The Bertz CT molecular complexity index is 1990. The number of halogens is 3. The number of anilines is 1. The number of rotatable bonds is 14. The number of ether oxygens (including phenoxy) is 1.